The van der Waals surface area contributed by atoms with Crippen LogP contribution in [0, 0.1) is 0 Å². The van der Waals surface area contributed by atoms with Crippen LogP contribution in [0.25, 0.3) is 0 Å². The van der Waals surface area contributed by atoms with Crippen molar-refractivity contribution in [1.82, 2.24) is 0 Å². The monoisotopic (exact) mass is 204 g/mol. The molecule has 0 aliphatic heterocycles. The molecule has 0 saturated carbocycles. The normalized spacial score (nSPS) is 12.1. The van der Waals surface area contributed by atoms with E-state index in [2.05, 4.69) is 4.74 Å². The molecule has 0 radical (unpaired) electrons. The summed E-state index contributed by atoms with van der Waals surface area (Å²) in [7, 11) is 0. The van der Waals surface area contributed by atoms with Gasteiger partial charge in [-0.25, -0.2) is 0 Å². The predicted molar refractivity (Wildman–Crippen MR) is 48.7 cm³/mol. The van der Waals surface area contributed by atoms with E-state index in [1.54, 1.807) is 6.92 Å². The smallest absolute Gasteiger partial charge is 0.305 e. The summed E-state index contributed by atoms with van der Waals surface area (Å²) in [4.78, 5) is 20.8. The van der Waals surface area contributed by atoms with Gasteiger partial charge in [-0.15, -0.1) is 0 Å². The number of rotatable bonds is 7. The third-order valence-electron chi connectivity index (χ3n) is 1.65. The summed E-state index contributed by atoms with van der Waals surface area (Å²) in [5, 5.41) is 17.6. The van der Waals surface area contributed by atoms with Crippen molar-refractivity contribution in [2.75, 3.05) is 6.61 Å². The van der Waals surface area contributed by atoms with Gasteiger partial charge in [0.05, 0.1) is 6.10 Å². The molecule has 0 fully saturated rings. The van der Waals surface area contributed by atoms with Crippen LogP contribution in [0.15, 0.2) is 0 Å². The van der Waals surface area contributed by atoms with E-state index in [9.17, 15) is 14.7 Å². The molecule has 14 heavy (non-hydrogen) atoms. The van der Waals surface area contributed by atoms with E-state index >= 15 is 0 Å². The highest BCUT2D eigenvalue weighted by atomic mass is 16.5. The maximum absolute atomic E-state index is 10.7. The highest BCUT2D eigenvalue weighted by Gasteiger charge is 2.08. The average molecular weight is 204 g/mol. The fourth-order valence-corrected chi connectivity index (χ4v) is 0.863. The van der Waals surface area contributed by atoms with Crippen LogP contribution in [-0.4, -0.2) is 34.9 Å². The first-order valence-corrected chi connectivity index (χ1v) is 4.61. The molecule has 0 bridgehead atoms. The first-order valence-electron chi connectivity index (χ1n) is 4.61. The third-order valence-corrected chi connectivity index (χ3v) is 1.65. The standard InChI is InChI=1S/C9H16O5/c1-2-9(13)14-6-7(10)4-3-5-8(11)12/h7,10H,2-6H2,1H3,(H,11,12). The van der Waals surface area contributed by atoms with E-state index in [1.807, 2.05) is 0 Å². The van der Waals surface area contributed by atoms with Crippen LogP contribution >= 0.6 is 0 Å². The number of aliphatic hydroxyl groups excluding tert-OH is 1. The summed E-state index contributed by atoms with van der Waals surface area (Å²) < 4.78 is 4.67. The SMILES string of the molecule is CCC(=O)OCC(O)CCCC(=O)O. The fraction of sp³-hybridized carbons (Fsp3) is 0.778. The Hall–Kier alpha value is -1.10. The number of esters is 1. The summed E-state index contributed by atoms with van der Waals surface area (Å²) in [6.07, 6.45) is 0.272. The summed E-state index contributed by atoms with van der Waals surface area (Å²) >= 11 is 0. The van der Waals surface area contributed by atoms with Crippen molar-refractivity contribution in [1.29, 1.82) is 0 Å². The second-order valence-corrected chi connectivity index (χ2v) is 2.98. The van der Waals surface area contributed by atoms with Gasteiger partial charge in [-0.3, -0.25) is 9.59 Å². The van der Waals surface area contributed by atoms with Crippen molar-refractivity contribution in [3.8, 4) is 0 Å². The number of ether oxygens (including phenoxy) is 1. The minimum Gasteiger partial charge on any atom is -0.481 e. The average Bonchev–Trinajstić information content (AvgIpc) is 2.13. The molecule has 0 saturated heterocycles. The van der Waals surface area contributed by atoms with Gasteiger partial charge < -0.3 is 14.9 Å². The molecular weight excluding hydrogens is 188 g/mol. The zero-order chi connectivity index (χ0) is 11.0. The zero-order valence-corrected chi connectivity index (χ0v) is 8.23. The molecule has 1 unspecified atom stereocenters. The first kappa shape index (κ1) is 12.9. The van der Waals surface area contributed by atoms with Crippen LogP contribution in [0.3, 0.4) is 0 Å². The Bertz CT molecular complexity index is 190. The maximum atomic E-state index is 10.7. The Morgan fingerprint density at radius 1 is 1.43 bits per heavy atom. The summed E-state index contributed by atoms with van der Waals surface area (Å²) in [5.74, 6) is -1.25. The molecular formula is C9H16O5. The second kappa shape index (κ2) is 7.32. The maximum Gasteiger partial charge on any atom is 0.305 e. The van der Waals surface area contributed by atoms with Gasteiger partial charge in [0.2, 0.25) is 0 Å². The quantitative estimate of drug-likeness (QED) is 0.592. The van der Waals surface area contributed by atoms with Crippen molar-refractivity contribution in [2.45, 2.75) is 38.7 Å². The molecule has 82 valence electrons. The first-order chi connectivity index (χ1) is 6.56. The summed E-state index contributed by atoms with van der Waals surface area (Å²) in [6, 6.07) is 0. The minimum absolute atomic E-state index is 0.0266. The highest BCUT2D eigenvalue weighted by Crippen LogP contribution is 2.01. The minimum atomic E-state index is -0.886. The van der Waals surface area contributed by atoms with Crippen LogP contribution in [0.5, 0.6) is 0 Å². The van der Waals surface area contributed by atoms with Gasteiger partial charge in [-0.05, 0) is 12.8 Å². The lowest BCUT2D eigenvalue weighted by Gasteiger charge is -2.09. The predicted octanol–water partition coefficient (Wildman–Crippen LogP) is 0.555. The molecule has 1 atom stereocenters. The van der Waals surface area contributed by atoms with Crippen LogP contribution in [-0.2, 0) is 14.3 Å². The third kappa shape index (κ3) is 7.54. The Balaban J connectivity index is 3.41. The largest absolute Gasteiger partial charge is 0.481 e. The molecule has 5 nitrogen and oxygen atoms in total. The molecule has 0 aromatic heterocycles. The molecule has 0 aromatic rings. The molecule has 0 amide bonds. The number of aliphatic hydroxyl groups is 1. The second-order valence-electron chi connectivity index (χ2n) is 2.98. The summed E-state index contributed by atoms with van der Waals surface area (Å²) in [6.45, 7) is 1.62. The van der Waals surface area contributed by atoms with Gasteiger partial charge in [0.15, 0.2) is 0 Å². The molecule has 2 N–H and O–H groups in total. The van der Waals surface area contributed by atoms with E-state index < -0.39 is 12.1 Å². The van der Waals surface area contributed by atoms with E-state index in [0.29, 0.717) is 12.8 Å². The number of hydrogen-bond acceptors (Lipinski definition) is 4. The number of aliphatic carboxylic acids is 1. The van der Waals surface area contributed by atoms with E-state index in [0.717, 1.165) is 0 Å². The topological polar surface area (TPSA) is 83.8 Å². The van der Waals surface area contributed by atoms with Gasteiger partial charge in [0.1, 0.15) is 6.61 Å². The number of carboxylic acid groups (broad SMARTS) is 1. The van der Waals surface area contributed by atoms with Crippen LogP contribution in [0.2, 0.25) is 0 Å². The molecule has 0 aliphatic carbocycles. The zero-order valence-electron chi connectivity index (χ0n) is 8.23. The van der Waals surface area contributed by atoms with Crippen molar-refractivity contribution < 1.29 is 24.5 Å². The van der Waals surface area contributed by atoms with Crippen molar-refractivity contribution in [3.63, 3.8) is 0 Å². The highest BCUT2D eigenvalue weighted by molar-refractivity contribution is 5.68. The van der Waals surface area contributed by atoms with Gasteiger partial charge in [-0.2, -0.15) is 0 Å². The Kier molecular flexibility index (Phi) is 6.74. The lowest BCUT2D eigenvalue weighted by Crippen LogP contribution is -2.18. The Morgan fingerprint density at radius 2 is 2.07 bits per heavy atom. The Morgan fingerprint density at radius 3 is 2.57 bits per heavy atom. The number of carboxylic acids is 1. The lowest BCUT2D eigenvalue weighted by atomic mass is 10.1. The van der Waals surface area contributed by atoms with Gasteiger partial charge in [0, 0.05) is 12.8 Å². The molecule has 0 rings (SSSR count). The van der Waals surface area contributed by atoms with Crippen LogP contribution in [0.1, 0.15) is 32.6 Å². The molecule has 0 aromatic carbocycles. The lowest BCUT2D eigenvalue weighted by molar-refractivity contribution is -0.146. The van der Waals surface area contributed by atoms with Gasteiger partial charge in [-0.1, -0.05) is 6.92 Å². The van der Waals surface area contributed by atoms with Crippen molar-refractivity contribution >= 4 is 11.9 Å². The van der Waals surface area contributed by atoms with E-state index in [1.165, 1.54) is 0 Å². The number of carbonyl (C=O) groups excluding carboxylic acids is 1. The van der Waals surface area contributed by atoms with Crippen LogP contribution < -0.4 is 0 Å². The number of hydrogen-bond donors (Lipinski definition) is 2. The van der Waals surface area contributed by atoms with E-state index in [-0.39, 0.29) is 25.4 Å². The fourth-order valence-electron chi connectivity index (χ4n) is 0.863. The van der Waals surface area contributed by atoms with Gasteiger partial charge in [0.25, 0.3) is 0 Å². The molecule has 0 aliphatic rings. The van der Waals surface area contributed by atoms with Crippen molar-refractivity contribution in [3.05, 3.63) is 0 Å². The van der Waals surface area contributed by atoms with Crippen molar-refractivity contribution in [2.24, 2.45) is 0 Å². The Labute approximate surface area is 82.7 Å². The molecule has 5 heteroatoms. The number of carbonyl (C=O) groups is 2. The van der Waals surface area contributed by atoms with E-state index in [4.69, 9.17) is 5.11 Å². The van der Waals surface area contributed by atoms with Crippen LogP contribution in [0.4, 0.5) is 0 Å². The molecule has 0 heterocycles. The summed E-state index contributed by atoms with van der Waals surface area (Å²) in [5.41, 5.74) is 0. The van der Waals surface area contributed by atoms with Gasteiger partial charge >= 0.3 is 11.9 Å². The molecule has 0 spiro atoms.